The van der Waals surface area contributed by atoms with Gasteiger partial charge in [-0.1, -0.05) is 13.8 Å². The monoisotopic (exact) mass is 256 g/mol. The highest BCUT2D eigenvalue weighted by Crippen LogP contribution is 2.31. The molecule has 0 saturated carbocycles. The van der Waals surface area contributed by atoms with Crippen molar-refractivity contribution in [2.24, 2.45) is 11.1 Å². The summed E-state index contributed by atoms with van der Waals surface area (Å²) < 4.78 is 0. The molecule has 0 spiro atoms. The van der Waals surface area contributed by atoms with Gasteiger partial charge in [-0.25, -0.2) is 4.79 Å². The Morgan fingerprint density at radius 3 is 2.39 bits per heavy atom. The minimum Gasteiger partial charge on any atom is -0.480 e. The van der Waals surface area contributed by atoms with Crippen LogP contribution in [0.4, 0.5) is 0 Å². The van der Waals surface area contributed by atoms with Crippen LogP contribution in [0.15, 0.2) is 0 Å². The first kappa shape index (κ1) is 15.0. The van der Waals surface area contributed by atoms with Crippen LogP contribution in [-0.4, -0.2) is 41.0 Å². The summed E-state index contributed by atoms with van der Waals surface area (Å²) in [5.74, 6) is -0.983. The number of rotatable bonds is 5. The number of amides is 1. The van der Waals surface area contributed by atoms with Crippen molar-refractivity contribution in [3.63, 3.8) is 0 Å². The lowest BCUT2D eigenvalue weighted by Gasteiger charge is -2.40. The number of aliphatic carboxylic acids is 1. The van der Waals surface area contributed by atoms with E-state index in [1.54, 1.807) is 0 Å². The summed E-state index contributed by atoms with van der Waals surface area (Å²) in [4.78, 5) is 25.4. The number of nitrogens with zero attached hydrogens (tertiary/aromatic N) is 1. The van der Waals surface area contributed by atoms with Crippen molar-refractivity contribution in [3.05, 3.63) is 0 Å². The highest BCUT2D eigenvalue weighted by molar-refractivity contribution is 5.88. The van der Waals surface area contributed by atoms with Gasteiger partial charge in [0.2, 0.25) is 5.91 Å². The summed E-state index contributed by atoms with van der Waals surface area (Å²) >= 11 is 0. The maximum Gasteiger partial charge on any atom is 0.326 e. The summed E-state index contributed by atoms with van der Waals surface area (Å²) in [5.41, 5.74) is 5.17. The van der Waals surface area contributed by atoms with Gasteiger partial charge in [0, 0.05) is 13.1 Å². The van der Waals surface area contributed by atoms with E-state index in [9.17, 15) is 14.7 Å². The number of piperidine rings is 1. The normalized spacial score (nSPS) is 20.8. The highest BCUT2D eigenvalue weighted by atomic mass is 16.4. The molecule has 1 amide bonds. The van der Waals surface area contributed by atoms with Crippen LogP contribution in [-0.2, 0) is 9.59 Å². The van der Waals surface area contributed by atoms with E-state index in [1.165, 1.54) is 4.90 Å². The van der Waals surface area contributed by atoms with Gasteiger partial charge < -0.3 is 15.7 Å². The average molecular weight is 256 g/mol. The second-order valence-corrected chi connectivity index (χ2v) is 5.04. The molecule has 1 heterocycles. The fourth-order valence-electron chi connectivity index (χ4n) is 2.66. The van der Waals surface area contributed by atoms with Crippen LogP contribution >= 0.6 is 0 Å². The largest absolute Gasteiger partial charge is 0.480 e. The third-order valence-corrected chi connectivity index (χ3v) is 4.25. The molecule has 0 bridgehead atoms. The van der Waals surface area contributed by atoms with Crippen molar-refractivity contribution in [2.45, 2.75) is 52.0 Å². The maximum atomic E-state index is 12.6. The first-order chi connectivity index (χ1) is 8.52. The van der Waals surface area contributed by atoms with Crippen molar-refractivity contribution in [2.75, 3.05) is 13.1 Å². The van der Waals surface area contributed by atoms with E-state index >= 15 is 0 Å². The highest BCUT2D eigenvalue weighted by Gasteiger charge is 2.41. The van der Waals surface area contributed by atoms with Crippen molar-refractivity contribution in [3.8, 4) is 0 Å². The molecule has 0 aromatic heterocycles. The molecule has 0 radical (unpaired) electrons. The van der Waals surface area contributed by atoms with Crippen LogP contribution in [0.1, 0.15) is 46.0 Å². The van der Waals surface area contributed by atoms with Crippen LogP contribution in [0.2, 0.25) is 0 Å². The summed E-state index contributed by atoms with van der Waals surface area (Å²) in [6, 6.07) is -0.671. The molecule has 1 aliphatic heterocycles. The Labute approximate surface area is 108 Å². The summed E-state index contributed by atoms with van der Waals surface area (Å²) in [6.07, 6.45) is 3.61. The van der Waals surface area contributed by atoms with E-state index in [4.69, 9.17) is 5.73 Å². The van der Waals surface area contributed by atoms with Gasteiger partial charge in [-0.2, -0.15) is 0 Å². The van der Waals surface area contributed by atoms with Crippen LogP contribution in [0, 0.1) is 5.41 Å². The lowest BCUT2D eigenvalue weighted by atomic mass is 9.80. The first-order valence-corrected chi connectivity index (χ1v) is 6.76. The molecule has 18 heavy (non-hydrogen) atoms. The molecule has 1 fully saturated rings. The van der Waals surface area contributed by atoms with Crippen LogP contribution in [0.25, 0.3) is 0 Å². The first-order valence-electron chi connectivity index (χ1n) is 6.76. The second kappa shape index (κ2) is 6.18. The molecule has 0 aliphatic carbocycles. The molecule has 1 atom stereocenters. The Morgan fingerprint density at radius 2 is 1.94 bits per heavy atom. The molecular formula is C13H24N2O3. The number of nitrogens with two attached hydrogens (primary N) is 1. The molecule has 0 unspecified atom stereocenters. The second-order valence-electron chi connectivity index (χ2n) is 5.04. The van der Waals surface area contributed by atoms with Gasteiger partial charge in [-0.3, -0.25) is 4.79 Å². The molecule has 104 valence electrons. The number of hydrogen-bond acceptors (Lipinski definition) is 3. The number of carboxylic acids is 1. The fraction of sp³-hybridized carbons (Fsp3) is 0.846. The lowest BCUT2D eigenvalue weighted by molar-refractivity contribution is -0.157. The third-order valence-electron chi connectivity index (χ3n) is 4.25. The SMILES string of the molecule is CCC(CC)(CN)C(=O)N1CCCC[C@H]1C(=O)O. The van der Waals surface area contributed by atoms with E-state index < -0.39 is 17.4 Å². The summed E-state index contributed by atoms with van der Waals surface area (Å²) in [5, 5.41) is 9.22. The summed E-state index contributed by atoms with van der Waals surface area (Å²) in [6.45, 7) is 4.70. The average Bonchev–Trinajstić information content (AvgIpc) is 2.41. The fourth-order valence-corrected chi connectivity index (χ4v) is 2.66. The predicted octanol–water partition coefficient (Wildman–Crippen LogP) is 1.22. The Morgan fingerprint density at radius 1 is 1.33 bits per heavy atom. The molecule has 1 saturated heterocycles. The minimum absolute atomic E-state index is 0.0814. The van der Waals surface area contributed by atoms with Gasteiger partial charge in [0.05, 0.1) is 5.41 Å². The maximum absolute atomic E-state index is 12.6. The van der Waals surface area contributed by atoms with Crippen molar-refractivity contribution >= 4 is 11.9 Å². The van der Waals surface area contributed by atoms with Crippen molar-refractivity contribution < 1.29 is 14.7 Å². The van der Waals surface area contributed by atoms with E-state index in [2.05, 4.69) is 0 Å². The van der Waals surface area contributed by atoms with Crippen LogP contribution in [0.3, 0.4) is 0 Å². The molecule has 0 aromatic carbocycles. The van der Waals surface area contributed by atoms with Gasteiger partial charge in [0.15, 0.2) is 0 Å². The Kier molecular flexibility index (Phi) is 5.14. The standard InChI is InChI=1S/C13H24N2O3/c1-3-13(4-2,9-14)12(18)15-8-6-5-7-10(15)11(16)17/h10H,3-9,14H2,1-2H3,(H,16,17)/t10-/m0/s1. The Balaban J connectivity index is 2.95. The number of likely N-dealkylation sites (tertiary alicyclic amines) is 1. The van der Waals surface area contributed by atoms with E-state index in [1.807, 2.05) is 13.8 Å². The van der Waals surface area contributed by atoms with Gasteiger partial charge >= 0.3 is 5.97 Å². The Bertz CT molecular complexity index is 305. The van der Waals surface area contributed by atoms with Gasteiger partial charge in [0.1, 0.15) is 6.04 Å². The van der Waals surface area contributed by atoms with Crippen molar-refractivity contribution in [1.29, 1.82) is 0 Å². The van der Waals surface area contributed by atoms with E-state index in [0.29, 0.717) is 25.8 Å². The Hall–Kier alpha value is -1.10. The molecule has 1 aliphatic rings. The lowest BCUT2D eigenvalue weighted by Crippen LogP contribution is -2.55. The summed E-state index contributed by atoms with van der Waals surface area (Å²) in [7, 11) is 0. The quantitative estimate of drug-likeness (QED) is 0.774. The molecule has 3 N–H and O–H groups in total. The predicted molar refractivity (Wildman–Crippen MR) is 69.1 cm³/mol. The van der Waals surface area contributed by atoms with Gasteiger partial charge in [0.25, 0.3) is 0 Å². The number of carbonyl (C=O) groups is 2. The molecule has 0 aromatic rings. The zero-order valence-corrected chi connectivity index (χ0v) is 11.3. The topological polar surface area (TPSA) is 83.6 Å². The zero-order valence-electron chi connectivity index (χ0n) is 11.3. The number of carbonyl (C=O) groups excluding carboxylic acids is 1. The van der Waals surface area contributed by atoms with Crippen LogP contribution < -0.4 is 5.73 Å². The molecular weight excluding hydrogens is 232 g/mol. The molecule has 5 heteroatoms. The smallest absolute Gasteiger partial charge is 0.326 e. The van der Waals surface area contributed by atoms with Crippen molar-refractivity contribution in [1.82, 2.24) is 4.90 Å². The minimum atomic E-state index is -0.902. The molecule has 5 nitrogen and oxygen atoms in total. The number of hydrogen-bond donors (Lipinski definition) is 2. The zero-order chi connectivity index (χ0) is 13.8. The van der Waals surface area contributed by atoms with Gasteiger partial charge in [-0.05, 0) is 32.1 Å². The van der Waals surface area contributed by atoms with Crippen LogP contribution in [0.5, 0.6) is 0 Å². The third kappa shape index (κ3) is 2.66. The molecule has 1 rings (SSSR count). The number of carboxylic acid groups (broad SMARTS) is 1. The van der Waals surface area contributed by atoms with Gasteiger partial charge in [-0.15, -0.1) is 0 Å². The van der Waals surface area contributed by atoms with E-state index in [-0.39, 0.29) is 12.5 Å². The van der Waals surface area contributed by atoms with E-state index in [0.717, 1.165) is 12.8 Å².